The van der Waals surface area contributed by atoms with Gasteiger partial charge in [0.05, 0.1) is 5.69 Å². The lowest BCUT2D eigenvalue weighted by Crippen LogP contribution is -2.19. The molecule has 1 aromatic heterocycles. The molecule has 0 atom stereocenters. The van der Waals surface area contributed by atoms with Crippen LogP contribution in [0.5, 0.6) is 0 Å². The van der Waals surface area contributed by atoms with Gasteiger partial charge in [-0.2, -0.15) is 0 Å². The van der Waals surface area contributed by atoms with Crippen LogP contribution in [-0.2, 0) is 13.0 Å². The average molecular weight is 292 g/mol. The van der Waals surface area contributed by atoms with Gasteiger partial charge in [-0.1, -0.05) is 30.7 Å². The summed E-state index contributed by atoms with van der Waals surface area (Å²) in [5.41, 5.74) is 1.72. The molecule has 5 heteroatoms. The molecule has 0 saturated carbocycles. The molecule has 0 radical (unpaired) electrons. The molecule has 2 aromatic rings. The quantitative estimate of drug-likeness (QED) is 0.804. The highest BCUT2D eigenvalue weighted by Gasteiger charge is 2.03. The summed E-state index contributed by atoms with van der Waals surface area (Å²) in [6.07, 6.45) is 1.65. The van der Waals surface area contributed by atoms with Crippen LogP contribution in [0.25, 0.3) is 0 Å². The molecule has 0 aliphatic carbocycles. The molecular formula is C15H18ClN3O. The molecule has 1 aromatic carbocycles. The lowest BCUT2D eigenvalue weighted by molar-refractivity contribution is 0.658. The summed E-state index contributed by atoms with van der Waals surface area (Å²) in [6, 6.07) is 9.08. The summed E-state index contributed by atoms with van der Waals surface area (Å²) in [5.74, 6) is 0.674. The van der Waals surface area contributed by atoms with Gasteiger partial charge in [0.25, 0.3) is 5.56 Å². The van der Waals surface area contributed by atoms with Crippen molar-refractivity contribution in [1.82, 2.24) is 15.3 Å². The van der Waals surface area contributed by atoms with Crippen LogP contribution in [0.15, 0.2) is 35.1 Å². The second kappa shape index (κ2) is 7.22. The van der Waals surface area contributed by atoms with Gasteiger partial charge in [0.1, 0.15) is 5.82 Å². The Balaban J connectivity index is 2.11. The molecule has 0 unspecified atom stereocenters. The van der Waals surface area contributed by atoms with Gasteiger partial charge in [-0.05, 0) is 30.7 Å². The predicted molar refractivity (Wildman–Crippen MR) is 81.1 cm³/mol. The molecule has 1 heterocycles. The second-order valence-corrected chi connectivity index (χ2v) is 5.10. The number of hydrogen-bond acceptors (Lipinski definition) is 3. The molecule has 2 N–H and O–H groups in total. The number of nitrogens with zero attached hydrogens (tertiary/aromatic N) is 1. The zero-order valence-corrected chi connectivity index (χ0v) is 12.2. The fourth-order valence-electron chi connectivity index (χ4n) is 1.93. The Labute approximate surface area is 123 Å². The standard InChI is InChI=1S/C15H18ClN3O/c1-2-7-17-10-13-9-15(20)19-14(18-13)8-11-3-5-12(16)6-4-11/h3-6,9,17H,2,7-8,10H2,1H3,(H,18,19,20). The summed E-state index contributed by atoms with van der Waals surface area (Å²) in [4.78, 5) is 18.9. The van der Waals surface area contributed by atoms with E-state index in [-0.39, 0.29) is 5.56 Å². The van der Waals surface area contributed by atoms with Crippen molar-refractivity contribution >= 4 is 11.6 Å². The maximum Gasteiger partial charge on any atom is 0.251 e. The van der Waals surface area contributed by atoms with E-state index in [1.165, 1.54) is 6.07 Å². The highest BCUT2D eigenvalue weighted by Crippen LogP contribution is 2.11. The van der Waals surface area contributed by atoms with E-state index in [1.54, 1.807) is 0 Å². The van der Waals surface area contributed by atoms with Crippen molar-refractivity contribution in [2.24, 2.45) is 0 Å². The largest absolute Gasteiger partial charge is 0.311 e. The van der Waals surface area contributed by atoms with Gasteiger partial charge in [-0.15, -0.1) is 0 Å². The Bertz CT molecular complexity index is 607. The first-order valence-corrected chi connectivity index (χ1v) is 7.09. The summed E-state index contributed by atoms with van der Waals surface area (Å²) < 4.78 is 0. The number of aromatic nitrogens is 2. The summed E-state index contributed by atoms with van der Waals surface area (Å²) in [5, 5.41) is 3.95. The molecule has 4 nitrogen and oxygen atoms in total. The third kappa shape index (κ3) is 4.47. The fraction of sp³-hybridized carbons (Fsp3) is 0.333. The number of benzene rings is 1. The van der Waals surface area contributed by atoms with Gasteiger partial charge in [0.2, 0.25) is 0 Å². The van der Waals surface area contributed by atoms with Crippen molar-refractivity contribution in [2.45, 2.75) is 26.3 Å². The molecule has 0 bridgehead atoms. The molecule has 0 aliphatic heterocycles. The van der Waals surface area contributed by atoms with Crippen LogP contribution in [-0.4, -0.2) is 16.5 Å². The van der Waals surface area contributed by atoms with Gasteiger partial charge >= 0.3 is 0 Å². The molecule has 0 spiro atoms. The Hall–Kier alpha value is -1.65. The monoisotopic (exact) mass is 291 g/mol. The normalized spacial score (nSPS) is 10.7. The van der Waals surface area contributed by atoms with Gasteiger partial charge in [-0.25, -0.2) is 4.98 Å². The highest BCUT2D eigenvalue weighted by molar-refractivity contribution is 6.30. The van der Waals surface area contributed by atoms with Crippen molar-refractivity contribution in [3.05, 3.63) is 62.8 Å². The Morgan fingerprint density at radius 3 is 2.75 bits per heavy atom. The minimum Gasteiger partial charge on any atom is -0.311 e. The number of halogens is 1. The number of nitrogens with one attached hydrogen (secondary N) is 2. The number of hydrogen-bond donors (Lipinski definition) is 2. The van der Waals surface area contributed by atoms with Gasteiger partial charge < -0.3 is 10.3 Å². The fourth-order valence-corrected chi connectivity index (χ4v) is 2.05. The topological polar surface area (TPSA) is 57.8 Å². The van der Waals surface area contributed by atoms with Crippen molar-refractivity contribution in [1.29, 1.82) is 0 Å². The second-order valence-electron chi connectivity index (χ2n) is 4.66. The average Bonchev–Trinajstić information content (AvgIpc) is 2.41. The van der Waals surface area contributed by atoms with E-state index in [1.807, 2.05) is 24.3 Å². The highest BCUT2D eigenvalue weighted by atomic mass is 35.5. The lowest BCUT2D eigenvalue weighted by Gasteiger charge is -2.06. The van der Waals surface area contributed by atoms with Crippen LogP contribution >= 0.6 is 11.6 Å². The van der Waals surface area contributed by atoms with Crippen LogP contribution in [0.4, 0.5) is 0 Å². The van der Waals surface area contributed by atoms with E-state index in [9.17, 15) is 4.79 Å². The van der Waals surface area contributed by atoms with Crippen molar-refractivity contribution in [2.75, 3.05) is 6.54 Å². The first kappa shape index (κ1) is 14.8. The molecule has 106 valence electrons. The van der Waals surface area contributed by atoms with Gasteiger partial charge in [-0.3, -0.25) is 4.79 Å². The van der Waals surface area contributed by atoms with E-state index < -0.39 is 0 Å². The number of rotatable bonds is 6. The number of H-pyrrole nitrogens is 1. The molecule has 0 fully saturated rings. The van der Waals surface area contributed by atoms with E-state index in [4.69, 9.17) is 11.6 Å². The van der Waals surface area contributed by atoms with Crippen molar-refractivity contribution < 1.29 is 0 Å². The number of aromatic amines is 1. The van der Waals surface area contributed by atoms with Gasteiger partial charge in [0.15, 0.2) is 0 Å². The zero-order chi connectivity index (χ0) is 14.4. The van der Waals surface area contributed by atoms with Crippen LogP contribution < -0.4 is 10.9 Å². The molecular weight excluding hydrogens is 274 g/mol. The summed E-state index contributed by atoms with van der Waals surface area (Å²) in [7, 11) is 0. The maximum atomic E-state index is 11.6. The van der Waals surface area contributed by atoms with Crippen LogP contribution in [0, 0.1) is 0 Å². The SMILES string of the molecule is CCCNCc1cc(=O)[nH]c(Cc2ccc(Cl)cc2)n1. The molecule has 0 saturated heterocycles. The predicted octanol–water partition coefficient (Wildman–Crippen LogP) is 2.51. The smallest absolute Gasteiger partial charge is 0.251 e. The first-order valence-electron chi connectivity index (χ1n) is 6.71. The van der Waals surface area contributed by atoms with E-state index >= 15 is 0 Å². The first-order chi connectivity index (χ1) is 9.67. The molecule has 20 heavy (non-hydrogen) atoms. The van der Waals surface area contributed by atoms with Gasteiger partial charge in [0, 0.05) is 24.1 Å². The van der Waals surface area contributed by atoms with E-state index in [0.717, 1.165) is 24.2 Å². The third-order valence-corrected chi connectivity index (χ3v) is 3.11. The Morgan fingerprint density at radius 1 is 1.30 bits per heavy atom. The van der Waals surface area contributed by atoms with Crippen LogP contribution in [0.3, 0.4) is 0 Å². The van der Waals surface area contributed by atoms with Crippen LogP contribution in [0.2, 0.25) is 5.02 Å². The third-order valence-electron chi connectivity index (χ3n) is 2.86. The van der Waals surface area contributed by atoms with E-state index in [2.05, 4.69) is 22.2 Å². The molecule has 0 aliphatic rings. The Morgan fingerprint density at radius 2 is 2.05 bits per heavy atom. The zero-order valence-electron chi connectivity index (χ0n) is 11.4. The summed E-state index contributed by atoms with van der Waals surface area (Å²) in [6.45, 7) is 3.64. The molecule has 0 amide bonds. The summed E-state index contributed by atoms with van der Waals surface area (Å²) >= 11 is 5.85. The Kier molecular flexibility index (Phi) is 5.32. The minimum absolute atomic E-state index is 0.114. The van der Waals surface area contributed by atoms with Crippen molar-refractivity contribution in [3.63, 3.8) is 0 Å². The maximum absolute atomic E-state index is 11.6. The van der Waals surface area contributed by atoms with Crippen LogP contribution in [0.1, 0.15) is 30.4 Å². The lowest BCUT2D eigenvalue weighted by atomic mass is 10.1. The van der Waals surface area contributed by atoms with E-state index in [0.29, 0.717) is 23.8 Å². The molecule has 2 rings (SSSR count). The minimum atomic E-state index is -0.114. The van der Waals surface area contributed by atoms with Crippen molar-refractivity contribution in [3.8, 4) is 0 Å².